The van der Waals surface area contributed by atoms with Crippen LogP contribution in [0.5, 0.6) is 0 Å². The van der Waals surface area contributed by atoms with E-state index in [0.29, 0.717) is 12.8 Å². The molecule has 0 radical (unpaired) electrons. The summed E-state index contributed by atoms with van der Waals surface area (Å²) < 4.78 is 22.8. The first-order valence-corrected chi connectivity index (χ1v) is 34.2. The minimum Gasteiger partial charge on any atom is -0.394 e. The van der Waals surface area contributed by atoms with Crippen molar-refractivity contribution >= 4 is 5.91 Å². The fourth-order valence-electron chi connectivity index (χ4n) is 10.0. The molecule has 0 bridgehead atoms. The summed E-state index contributed by atoms with van der Waals surface area (Å²) >= 11 is 0. The zero-order valence-corrected chi connectivity index (χ0v) is 54.6. The van der Waals surface area contributed by atoms with Gasteiger partial charge in [-0.25, -0.2) is 0 Å². The lowest BCUT2D eigenvalue weighted by Crippen LogP contribution is -2.65. The Morgan fingerprint density at radius 2 is 0.787 bits per heavy atom. The molecule has 89 heavy (non-hydrogen) atoms. The van der Waals surface area contributed by atoms with E-state index < -0.39 is 86.8 Å². The normalized spacial score (nSPS) is 24.1. The zero-order chi connectivity index (χ0) is 64.5. The number of carbonyl (C=O) groups excluding carboxylic acids is 1. The Hall–Kier alpha value is -4.39. The molecular formula is C75H121NO13. The van der Waals surface area contributed by atoms with E-state index in [-0.39, 0.29) is 18.9 Å². The number of aliphatic hydroxyl groups is 8. The maximum absolute atomic E-state index is 13.3. The highest BCUT2D eigenvalue weighted by atomic mass is 16.7. The fourth-order valence-corrected chi connectivity index (χ4v) is 10.0. The highest BCUT2D eigenvalue weighted by molar-refractivity contribution is 5.76. The van der Waals surface area contributed by atoms with E-state index in [2.05, 4.69) is 165 Å². The summed E-state index contributed by atoms with van der Waals surface area (Å²) in [5, 5.41) is 87.2. The Balaban J connectivity index is 1.64. The Kier molecular flexibility index (Phi) is 52.1. The molecule has 12 unspecified atom stereocenters. The molecule has 0 aromatic carbocycles. The second-order valence-electron chi connectivity index (χ2n) is 23.2. The molecule has 0 spiro atoms. The van der Waals surface area contributed by atoms with Crippen molar-refractivity contribution in [3.8, 4) is 0 Å². The van der Waals surface area contributed by atoms with Crippen LogP contribution in [-0.4, -0.2) is 140 Å². The second kappa shape index (κ2) is 57.5. The van der Waals surface area contributed by atoms with E-state index in [9.17, 15) is 45.6 Å². The van der Waals surface area contributed by atoms with Crippen LogP contribution in [-0.2, 0) is 23.7 Å². The lowest BCUT2D eigenvalue weighted by Gasteiger charge is -2.46. The van der Waals surface area contributed by atoms with Crippen LogP contribution in [0.3, 0.4) is 0 Å². The first-order chi connectivity index (χ1) is 43.6. The molecule has 1 amide bonds. The molecule has 2 rings (SSSR count). The number of allylic oxidation sites excluding steroid dienone is 25. The lowest BCUT2D eigenvalue weighted by molar-refractivity contribution is -0.359. The van der Waals surface area contributed by atoms with Crippen LogP contribution in [0.2, 0.25) is 0 Å². The number of carbonyl (C=O) groups is 1. The van der Waals surface area contributed by atoms with E-state index in [0.717, 1.165) is 128 Å². The topological polar surface area (TPSA) is 228 Å². The number of aliphatic hydroxyl groups excluding tert-OH is 8. The van der Waals surface area contributed by atoms with Gasteiger partial charge in [0.05, 0.1) is 32.0 Å². The molecule has 0 aromatic rings. The van der Waals surface area contributed by atoms with Gasteiger partial charge in [-0.1, -0.05) is 249 Å². The molecule has 0 saturated carbocycles. The molecule has 14 nitrogen and oxygen atoms in total. The first kappa shape index (κ1) is 80.7. The van der Waals surface area contributed by atoms with Crippen molar-refractivity contribution in [2.45, 2.75) is 286 Å². The van der Waals surface area contributed by atoms with Gasteiger partial charge in [0.15, 0.2) is 12.6 Å². The summed E-state index contributed by atoms with van der Waals surface area (Å²) in [5.74, 6) is -0.268. The molecule has 14 heteroatoms. The minimum atomic E-state index is -1.80. The first-order valence-electron chi connectivity index (χ1n) is 34.2. The fraction of sp³-hybridized carbons (Fsp3) is 0.640. The number of unbranched alkanes of at least 4 members (excludes halogenated alkanes) is 16. The van der Waals surface area contributed by atoms with Crippen molar-refractivity contribution < 1.29 is 64.6 Å². The third-order valence-corrected chi connectivity index (χ3v) is 15.4. The molecule has 0 aromatic heterocycles. The molecule has 2 heterocycles. The van der Waals surface area contributed by atoms with Crippen LogP contribution in [0.4, 0.5) is 0 Å². The zero-order valence-electron chi connectivity index (χ0n) is 54.6. The van der Waals surface area contributed by atoms with Gasteiger partial charge in [-0.05, 0) is 116 Å². The maximum Gasteiger partial charge on any atom is 0.220 e. The molecule has 504 valence electrons. The Bertz CT molecular complexity index is 2100. The number of nitrogens with one attached hydrogen (secondary N) is 1. The van der Waals surface area contributed by atoms with Gasteiger partial charge in [-0.2, -0.15) is 0 Å². The predicted molar refractivity (Wildman–Crippen MR) is 364 cm³/mol. The van der Waals surface area contributed by atoms with Gasteiger partial charge in [0.25, 0.3) is 0 Å². The number of amides is 1. The number of hydrogen-bond acceptors (Lipinski definition) is 13. The van der Waals surface area contributed by atoms with Gasteiger partial charge in [-0.3, -0.25) is 4.79 Å². The SMILES string of the molecule is CC/C=C\C/C=C\C/C=C\C/C=C\C/C=C\C/C=C\C/C=C\C/C=C\C/C=C\C/C=C\C/C=C\CCCCCCCCCC(=O)NC(COC1OC(CO)C(OC2OC(CO)C(O)C(O)C2O)C(O)C1O)C(O)/C=C/CC/C=C/CCCCCCCCCC. The van der Waals surface area contributed by atoms with E-state index in [1.165, 1.54) is 51.4 Å². The standard InChI is InChI=1S/C75H121NO13/c1-3-5-7-9-11-13-15-17-19-20-21-22-23-24-25-26-27-28-29-30-31-32-33-34-35-36-37-38-39-40-41-42-43-44-45-47-49-51-53-55-57-59-67(80)76-63(64(79)58-56-54-52-50-48-46-18-16-14-12-10-8-6-4-2)62-86-74-72(85)70(83)73(66(61-78)88-74)89-75-71(84)69(82)68(81)65(60-77)87-75/h5,7,11,13,17,19,21-22,24-25,27-28,30-31,33-34,36-37,39-40,42-43,48,50,56,58,63-66,68-75,77-79,81-85H,3-4,6,8-10,12,14-16,18,20,23,26,29,32,35,38,41,44-47,49,51-55,57,59-62H2,1-2H3,(H,76,80)/b7-5-,13-11-,19-17-,22-21-,25-24-,28-27-,31-30-,34-33-,37-36-,40-39-,43-42-,50-48+,58-56+. The highest BCUT2D eigenvalue weighted by Crippen LogP contribution is 2.30. The van der Waals surface area contributed by atoms with E-state index in [1.54, 1.807) is 6.08 Å². The summed E-state index contributed by atoms with van der Waals surface area (Å²) in [5.41, 5.74) is 0. The molecule has 2 saturated heterocycles. The van der Waals surface area contributed by atoms with Crippen molar-refractivity contribution in [1.29, 1.82) is 0 Å². The van der Waals surface area contributed by atoms with Crippen LogP contribution in [0, 0.1) is 0 Å². The van der Waals surface area contributed by atoms with Crippen molar-refractivity contribution in [2.75, 3.05) is 19.8 Å². The van der Waals surface area contributed by atoms with Crippen molar-refractivity contribution in [2.24, 2.45) is 0 Å². The van der Waals surface area contributed by atoms with Crippen molar-refractivity contribution in [3.63, 3.8) is 0 Å². The summed E-state index contributed by atoms with van der Waals surface area (Å²) in [6.45, 7) is 2.63. The summed E-state index contributed by atoms with van der Waals surface area (Å²) in [7, 11) is 0. The van der Waals surface area contributed by atoms with Gasteiger partial charge in [0.2, 0.25) is 5.91 Å². The predicted octanol–water partition coefficient (Wildman–Crippen LogP) is 13.8. The monoisotopic (exact) mass is 1240 g/mol. The summed E-state index contributed by atoms with van der Waals surface area (Å²) in [6, 6.07) is -0.949. The van der Waals surface area contributed by atoms with E-state index in [4.69, 9.17) is 18.9 Å². The van der Waals surface area contributed by atoms with Gasteiger partial charge in [-0.15, -0.1) is 0 Å². The Morgan fingerprint density at radius 1 is 0.416 bits per heavy atom. The van der Waals surface area contributed by atoms with E-state index >= 15 is 0 Å². The molecule has 12 atom stereocenters. The maximum atomic E-state index is 13.3. The third kappa shape index (κ3) is 41.7. The average molecular weight is 1240 g/mol. The number of rotatable bonds is 53. The largest absolute Gasteiger partial charge is 0.394 e. The molecule has 9 N–H and O–H groups in total. The quantitative estimate of drug-likeness (QED) is 0.0204. The van der Waals surface area contributed by atoms with Crippen LogP contribution < -0.4 is 5.32 Å². The molecule has 0 aliphatic carbocycles. The highest BCUT2D eigenvalue weighted by Gasteiger charge is 2.51. The van der Waals surface area contributed by atoms with Crippen molar-refractivity contribution in [3.05, 3.63) is 158 Å². The molecule has 2 aliphatic heterocycles. The molecular weight excluding hydrogens is 1120 g/mol. The van der Waals surface area contributed by atoms with Gasteiger partial charge >= 0.3 is 0 Å². The van der Waals surface area contributed by atoms with E-state index in [1.807, 2.05) is 6.08 Å². The van der Waals surface area contributed by atoms with Crippen molar-refractivity contribution in [1.82, 2.24) is 5.32 Å². The smallest absolute Gasteiger partial charge is 0.220 e. The number of ether oxygens (including phenoxy) is 4. The lowest BCUT2D eigenvalue weighted by atomic mass is 9.97. The summed E-state index contributed by atoms with van der Waals surface area (Å²) in [4.78, 5) is 13.3. The van der Waals surface area contributed by atoms with Crippen LogP contribution in [0.1, 0.15) is 213 Å². The molecule has 2 fully saturated rings. The summed E-state index contributed by atoms with van der Waals surface area (Å²) in [6.07, 6.45) is 71.6. The van der Waals surface area contributed by atoms with Gasteiger partial charge in [0, 0.05) is 6.42 Å². The molecule has 2 aliphatic rings. The Labute approximate surface area is 537 Å². The third-order valence-electron chi connectivity index (χ3n) is 15.4. The second-order valence-corrected chi connectivity index (χ2v) is 23.2. The minimum absolute atomic E-state index is 0.250. The van der Waals surface area contributed by atoms with Gasteiger partial charge < -0.3 is 65.1 Å². The van der Waals surface area contributed by atoms with Crippen LogP contribution in [0.15, 0.2) is 158 Å². The Morgan fingerprint density at radius 3 is 1.24 bits per heavy atom. The number of hydrogen-bond donors (Lipinski definition) is 9. The average Bonchev–Trinajstić information content (AvgIpc) is 2.74. The van der Waals surface area contributed by atoms with Gasteiger partial charge in [0.1, 0.15) is 48.8 Å². The van der Waals surface area contributed by atoms with Crippen LogP contribution in [0.25, 0.3) is 0 Å². The van der Waals surface area contributed by atoms with Crippen LogP contribution >= 0.6 is 0 Å².